The van der Waals surface area contributed by atoms with E-state index in [1.165, 1.54) is 0 Å². The van der Waals surface area contributed by atoms with E-state index < -0.39 is 21.7 Å². The van der Waals surface area contributed by atoms with Crippen LogP contribution in [-0.2, 0) is 10.0 Å². The lowest BCUT2D eigenvalue weighted by molar-refractivity contribution is 0.504. The Kier molecular flexibility index (Phi) is 4.18. The predicted molar refractivity (Wildman–Crippen MR) is 55.3 cm³/mol. The maximum Gasteiger partial charge on any atom is 0.240 e. The van der Waals surface area contributed by atoms with Gasteiger partial charge in [-0.25, -0.2) is 21.9 Å². The van der Waals surface area contributed by atoms with E-state index in [2.05, 4.69) is 20.7 Å². The summed E-state index contributed by atoms with van der Waals surface area (Å²) in [5.74, 6) is -2.26. The molecule has 0 bridgehead atoms. The zero-order valence-electron chi connectivity index (χ0n) is 7.50. The summed E-state index contributed by atoms with van der Waals surface area (Å²) < 4.78 is 50.4. The number of rotatable bonds is 4. The third kappa shape index (κ3) is 3.22. The molecule has 0 aliphatic carbocycles. The van der Waals surface area contributed by atoms with Gasteiger partial charge in [-0.2, -0.15) is 0 Å². The third-order valence-electron chi connectivity index (χ3n) is 1.59. The molecule has 1 aromatic carbocycles. The number of halogens is 3. The lowest BCUT2D eigenvalue weighted by Gasteiger charge is -2.05. The molecule has 1 aromatic rings. The van der Waals surface area contributed by atoms with E-state index in [9.17, 15) is 17.2 Å². The quantitative estimate of drug-likeness (QED) is 0.859. The van der Waals surface area contributed by atoms with Crippen LogP contribution in [-0.4, -0.2) is 20.3 Å². The summed E-state index contributed by atoms with van der Waals surface area (Å²) in [6.45, 7) is 0.182. The zero-order chi connectivity index (χ0) is 11.5. The van der Waals surface area contributed by atoms with E-state index in [4.69, 9.17) is 0 Å². The maximum absolute atomic E-state index is 12.8. The normalized spacial score (nSPS) is 11.7. The Balaban J connectivity index is 3.00. The average molecular weight is 300 g/mol. The molecule has 0 heterocycles. The van der Waals surface area contributed by atoms with Crippen molar-refractivity contribution in [3.05, 3.63) is 29.8 Å². The van der Waals surface area contributed by atoms with Gasteiger partial charge in [0.05, 0.1) is 4.90 Å². The van der Waals surface area contributed by atoms with Crippen molar-refractivity contribution in [1.29, 1.82) is 0 Å². The number of benzene rings is 1. The van der Waals surface area contributed by atoms with E-state index in [0.717, 1.165) is 12.1 Å². The number of alkyl halides is 1. The van der Waals surface area contributed by atoms with E-state index in [-0.39, 0.29) is 11.4 Å². The molecule has 0 unspecified atom stereocenters. The molecule has 0 spiro atoms. The highest BCUT2D eigenvalue weighted by atomic mass is 79.9. The lowest BCUT2D eigenvalue weighted by atomic mass is 10.3. The van der Waals surface area contributed by atoms with Crippen molar-refractivity contribution in [1.82, 2.24) is 4.72 Å². The average Bonchev–Trinajstić information content (AvgIpc) is 2.19. The van der Waals surface area contributed by atoms with Crippen LogP contribution in [0.25, 0.3) is 0 Å². The first-order chi connectivity index (χ1) is 6.97. The number of nitrogens with one attached hydrogen (secondary N) is 1. The second-order valence-electron chi connectivity index (χ2n) is 2.66. The molecule has 0 atom stereocenters. The monoisotopic (exact) mass is 299 g/mol. The molecular weight excluding hydrogens is 292 g/mol. The second kappa shape index (κ2) is 5.00. The van der Waals surface area contributed by atoms with Gasteiger partial charge in [0.2, 0.25) is 10.0 Å². The van der Waals surface area contributed by atoms with Crippen molar-refractivity contribution in [2.24, 2.45) is 0 Å². The Morgan fingerprint density at radius 3 is 2.47 bits per heavy atom. The molecule has 0 saturated heterocycles. The Bertz CT molecular complexity index is 450. The van der Waals surface area contributed by atoms with Crippen LogP contribution in [0.15, 0.2) is 23.1 Å². The minimum atomic E-state index is -3.75. The van der Waals surface area contributed by atoms with Gasteiger partial charge in [-0.1, -0.05) is 15.9 Å². The van der Waals surface area contributed by atoms with Gasteiger partial charge >= 0.3 is 0 Å². The number of sulfonamides is 1. The fourth-order valence-electron chi connectivity index (χ4n) is 0.900. The van der Waals surface area contributed by atoms with Crippen LogP contribution in [0, 0.1) is 11.6 Å². The minimum absolute atomic E-state index is 0.182. The fraction of sp³-hybridized carbons (Fsp3) is 0.250. The van der Waals surface area contributed by atoms with Crippen LogP contribution in [0.4, 0.5) is 8.78 Å². The molecule has 0 aromatic heterocycles. The van der Waals surface area contributed by atoms with Gasteiger partial charge in [0.25, 0.3) is 0 Å². The van der Waals surface area contributed by atoms with Gasteiger partial charge in [-0.3, -0.25) is 0 Å². The smallest absolute Gasteiger partial charge is 0.210 e. The molecule has 7 heteroatoms. The van der Waals surface area contributed by atoms with Crippen LogP contribution < -0.4 is 4.72 Å². The van der Waals surface area contributed by atoms with Crippen LogP contribution >= 0.6 is 15.9 Å². The SMILES string of the molecule is O=S(=O)(NCCBr)c1ccc(F)c(F)c1. The van der Waals surface area contributed by atoms with Gasteiger partial charge in [0.15, 0.2) is 11.6 Å². The maximum atomic E-state index is 12.8. The summed E-state index contributed by atoms with van der Waals surface area (Å²) in [4.78, 5) is -0.289. The van der Waals surface area contributed by atoms with Gasteiger partial charge in [0, 0.05) is 11.9 Å². The standard InChI is InChI=1S/C8H8BrF2NO2S/c9-3-4-12-15(13,14)6-1-2-7(10)8(11)5-6/h1-2,5,12H,3-4H2. The third-order valence-corrected chi connectivity index (χ3v) is 3.44. The fourth-order valence-corrected chi connectivity index (χ4v) is 2.40. The molecule has 84 valence electrons. The molecule has 0 radical (unpaired) electrons. The molecule has 0 amide bonds. The Labute approximate surface area is 94.7 Å². The minimum Gasteiger partial charge on any atom is -0.210 e. The Morgan fingerprint density at radius 1 is 1.27 bits per heavy atom. The molecule has 1 N–H and O–H groups in total. The van der Waals surface area contributed by atoms with E-state index in [1.54, 1.807) is 0 Å². The topological polar surface area (TPSA) is 46.2 Å². The van der Waals surface area contributed by atoms with Crippen LogP contribution in [0.2, 0.25) is 0 Å². The van der Waals surface area contributed by atoms with Crippen molar-refractivity contribution < 1.29 is 17.2 Å². The van der Waals surface area contributed by atoms with E-state index in [0.29, 0.717) is 11.4 Å². The van der Waals surface area contributed by atoms with Crippen molar-refractivity contribution in [2.75, 3.05) is 11.9 Å². The Morgan fingerprint density at radius 2 is 1.93 bits per heavy atom. The van der Waals surface area contributed by atoms with Crippen LogP contribution in [0.1, 0.15) is 0 Å². The molecule has 3 nitrogen and oxygen atoms in total. The number of hydrogen-bond donors (Lipinski definition) is 1. The summed E-state index contributed by atoms with van der Waals surface area (Å²) in [6, 6.07) is 2.43. The molecule has 0 aliphatic heterocycles. The molecule has 15 heavy (non-hydrogen) atoms. The van der Waals surface area contributed by atoms with E-state index >= 15 is 0 Å². The molecule has 1 rings (SSSR count). The first-order valence-electron chi connectivity index (χ1n) is 3.98. The van der Waals surface area contributed by atoms with Crippen molar-refractivity contribution in [3.8, 4) is 0 Å². The molecule has 0 saturated carbocycles. The molecule has 0 fully saturated rings. The highest BCUT2D eigenvalue weighted by molar-refractivity contribution is 9.09. The largest absolute Gasteiger partial charge is 0.240 e. The molecular formula is C8H8BrF2NO2S. The summed E-state index contributed by atoms with van der Waals surface area (Å²) in [5.41, 5.74) is 0. The van der Waals surface area contributed by atoms with Gasteiger partial charge in [-0.15, -0.1) is 0 Å². The van der Waals surface area contributed by atoms with Crippen LogP contribution in [0.3, 0.4) is 0 Å². The summed E-state index contributed by atoms with van der Waals surface area (Å²) >= 11 is 3.04. The van der Waals surface area contributed by atoms with Crippen LogP contribution in [0.5, 0.6) is 0 Å². The zero-order valence-corrected chi connectivity index (χ0v) is 9.91. The highest BCUT2D eigenvalue weighted by Crippen LogP contribution is 2.13. The van der Waals surface area contributed by atoms with Gasteiger partial charge in [-0.05, 0) is 18.2 Å². The van der Waals surface area contributed by atoms with E-state index in [1.807, 2.05) is 0 Å². The summed E-state index contributed by atoms with van der Waals surface area (Å²) in [7, 11) is -3.75. The lowest BCUT2D eigenvalue weighted by Crippen LogP contribution is -2.25. The summed E-state index contributed by atoms with van der Waals surface area (Å²) in [6.07, 6.45) is 0. The number of hydrogen-bond acceptors (Lipinski definition) is 2. The van der Waals surface area contributed by atoms with Crippen molar-refractivity contribution in [2.45, 2.75) is 4.90 Å². The first-order valence-corrected chi connectivity index (χ1v) is 6.58. The highest BCUT2D eigenvalue weighted by Gasteiger charge is 2.15. The Hall–Kier alpha value is -0.530. The second-order valence-corrected chi connectivity index (χ2v) is 5.22. The van der Waals surface area contributed by atoms with Gasteiger partial charge in [0.1, 0.15) is 0 Å². The molecule has 0 aliphatic rings. The van der Waals surface area contributed by atoms with Crippen molar-refractivity contribution in [3.63, 3.8) is 0 Å². The van der Waals surface area contributed by atoms with Gasteiger partial charge < -0.3 is 0 Å². The predicted octanol–water partition coefficient (Wildman–Crippen LogP) is 1.64. The summed E-state index contributed by atoms with van der Waals surface area (Å²) in [5, 5.41) is 0.440. The van der Waals surface area contributed by atoms with Crippen molar-refractivity contribution >= 4 is 26.0 Å². The first kappa shape index (κ1) is 12.5.